The lowest BCUT2D eigenvalue weighted by atomic mass is 9.72. The predicted molar refractivity (Wildman–Crippen MR) is 119 cm³/mol. The number of rotatable bonds is 8. The summed E-state index contributed by atoms with van der Waals surface area (Å²) < 4.78 is 0. The van der Waals surface area contributed by atoms with Crippen LogP contribution in [0.3, 0.4) is 0 Å². The van der Waals surface area contributed by atoms with E-state index in [-0.39, 0.29) is 36.0 Å². The molecule has 2 rings (SSSR count). The summed E-state index contributed by atoms with van der Waals surface area (Å²) in [6, 6.07) is 2.08. The Balaban J connectivity index is 0.00000338. The summed E-state index contributed by atoms with van der Waals surface area (Å²) >= 11 is 0. The van der Waals surface area contributed by atoms with Crippen LogP contribution < -0.4 is 10.6 Å². The van der Waals surface area contributed by atoms with Gasteiger partial charge >= 0.3 is 0 Å². The van der Waals surface area contributed by atoms with Crippen LogP contribution in [0.4, 0.5) is 0 Å². The molecular weight excluding hydrogens is 439 g/mol. The number of pyridine rings is 1. The van der Waals surface area contributed by atoms with Crippen LogP contribution >= 0.6 is 24.0 Å². The summed E-state index contributed by atoms with van der Waals surface area (Å²) in [5, 5.41) is 16.3. The maximum Gasteiger partial charge on any atom is 0.191 e. The summed E-state index contributed by atoms with van der Waals surface area (Å²) in [5.41, 5.74) is 2.74. The van der Waals surface area contributed by atoms with Gasteiger partial charge in [0.25, 0.3) is 0 Å². The first kappa shape index (κ1) is 23.1. The lowest BCUT2D eigenvalue weighted by Crippen LogP contribution is -2.40. The van der Waals surface area contributed by atoms with Gasteiger partial charge in [0, 0.05) is 38.6 Å². The second kappa shape index (κ2) is 12.5. The highest BCUT2D eigenvalue weighted by Crippen LogP contribution is 2.39. The van der Waals surface area contributed by atoms with Crippen molar-refractivity contribution in [1.82, 2.24) is 15.6 Å². The van der Waals surface area contributed by atoms with Crippen molar-refractivity contribution in [3.8, 4) is 0 Å². The molecule has 0 spiro atoms. The maximum absolute atomic E-state index is 9.46. The van der Waals surface area contributed by atoms with Gasteiger partial charge in [0.2, 0.25) is 0 Å². The Kier molecular flexibility index (Phi) is 11.1. The fourth-order valence-electron chi connectivity index (χ4n) is 3.71. The molecule has 0 unspecified atom stereocenters. The lowest BCUT2D eigenvalue weighted by Gasteiger charge is -2.35. The first-order valence-corrected chi connectivity index (χ1v) is 9.72. The average Bonchev–Trinajstić information content (AvgIpc) is 2.62. The van der Waals surface area contributed by atoms with E-state index in [1.807, 2.05) is 12.4 Å². The van der Waals surface area contributed by atoms with Crippen LogP contribution in [0.15, 0.2) is 23.5 Å². The molecule has 1 saturated carbocycles. The van der Waals surface area contributed by atoms with Gasteiger partial charge in [0.1, 0.15) is 0 Å². The fourth-order valence-corrected chi connectivity index (χ4v) is 3.71. The average molecular weight is 474 g/mol. The molecule has 1 aromatic rings. The van der Waals surface area contributed by atoms with Gasteiger partial charge in [-0.05, 0) is 62.1 Å². The third kappa shape index (κ3) is 7.39. The number of aliphatic hydroxyl groups is 1. The highest BCUT2D eigenvalue weighted by Gasteiger charge is 2.31. The van der Waals surface area contributed by atoms with Crippen molar-refractivity contribution < 1.29 is 5.11 Å². The van der Waals surface area contributed by atoms with Gasteiger partial charge in [-0.25, -0.2) is 0 Å². The topological polar surface area (TPSA) is 69.5 Å². The Hall–Kier alpha value is -0.890. The third-order valence-electron chi connectivity index (χ3n) is 5.30. The van der Waals surface area contributed by atoms with E-state index in [1.165, 1.54) is 43.2 Å². The van der Waals surface area contributed by atoms with Crippen molar-refractivity contribution in [3.05, 3.63) is 29.6 Å². The monoisotopic (exact) mass is 474 g/mol. The summed E-state index contributed by atoms with van der Waals surface area (Å²) in [7, 11) is 0. The molecule has 26 heavy (non-hydrogen) atoms. The van der Waals surface area contributed by atoms with Crippen molar-refractivity contribution in [2.75, 3.05) is 26.2 Å². The molecule has 5 nitrogen and oxygen atoms in total. The van der Waals surface area contributed by atoms with E-state index >= 15 is 0 Å². The van der Waals surface area contributed by atoms with Gasteiger partial charge in [-0.3, -0.25) is 9.98 Å². The van der Waals surface area contributed by atoms with Crippen LogP contribution in [0.5, 0.6) is 0 Å². The number of nitrogens with zero attached hydrogens (tertiary/aromatic N) is 2. The molecule has 0 saturated heterocycles. The SMILES string of the molecule is CCNC(=NCC1(CCO)CCCCC1)NCCc1ccncc1C.I. The molecule has 1 aliphatic rings. The maximum atomic E-state index is 9.46. The van der Waals surface area contributed by atoms with E-state index in [0.717, 1.165) is 38.4 Å². The van der Waals surface area contributed by atoms with E-state index in [0.29, 0.717) is 0 Å². The van der Waals surface area contributed by atoms with Crippen LogP contribution in [0.1, 0.15) is 56.6 Å². The zero-order valence-corrected chi connectivity index (χ0v) is 18.6. The molecule has 1 aliphatic carbocycles. The molecule has 1 heterocycles. The van der Waals surface area contributed by atoms with Gasteiger partial charge in [-0.15, -0.1) is 24.0 Å². The first-order valence-electron chi connectivity index (χ1n) is 9.72. The van der Waals surface area contributed by atoms with E-state index < -0.39 is 0 Å². The summed E-state index contributed by atoms with van der Waals surface area (Å²) in [4.78, 5) is 9.00. The van der Waals surface area contributed by atoms with Crippen molar-refractivity contribution in [1.29, 1.82) is 0 Å². The van der Waals surface area contributed by atoms with E-state index in [2.05, 4.69) is 35.5 Å². The molecule has 1 fully saturated rings. The fraction of sp³-hybridized carbons (Fsp3) is 0.700. The highest BCUT2D eigenvalue weighted by molar-refractivity contribution is 14.0. The number of aromatic nitrogens is 1. The number of guanidine groups is 1. The number of hydrogen-bond donors (Lipinski definition) is 3. The molecule has 1 aromatic heterocycles. The second-order valence-electron chi connectivity index (χ2n) is 7.21. The van der Waals surface area contributed by atoms with E-state index in [1.54, 1.807) is 0 Å². The molecule has 0 bridgehead atoms. The quantitative estimate of drug-likeness (QED) is 0.307. The van der Waals surface area contributed by atoms with Gasteiger partial charge in [0.05, 0.1) is 0 Å². The van der Waals surface area contributed by atoms with Crippen molar-refractivity contribution in [3.63, 3.8) is 0 Å². The Labute approximate surface area is 175 Å². The lowest BCUT2D eigenvalue weighted by molar-refractivity contribution is 0.137. The van der Waals surface area contributed by atoms with Crippen molar-refractivity contribution >= 4 is 29.9 Å². The first-order chi connectivity index (χ1) is 12.2. The number of aryl methyl sites for hydroxylation is 1. The van der Waals surface area contributed by atoms with Crippen LogP contribution in [0.25, 0.3) is 0 Å². The molecule has 0 amide bonds. The van der Waals surface area contributed by atoms with Gasteiger partial charge in [-0.1, -0.05) is 19.3 Å². The van der Waals surface area contributed by atoms with Gasteiger partial charge in [-0.2, -0.15) is 0 Å². The summed E-state index contributed by atoms with van der Waals surface area (Å²) in [5.74, 6) is 0.886. The second-order valence-corrected chi connectivity index (χ2v) is 7.21. The van der Waals surface area contributed by atoms with Gasteiger partial charge in [0.15, 0.2) is 5.96 Å². The number of halogens is 1. The smallest absolute Gasteiger partial charge is 0.191 e. The van der Waals surface area contributed by atoms with Crippen LogP contribution in [0.2, 0.25) is 0 Å². The Bertz CT molecular complexity index is 539. The molecule has 0 atom stereocenters. The molecule has 148 valence electrons. The minimum absolute atomic E-state index is 0. The van der Waals surface area contributed by atoms with Gasteiger partial charge < -0.3 is 15.7 Å². The normalized spacial score (nSPS) is 16.7. The highest BCUT2D eigenvalue weighted by atomic mass is 127. The molecular formula is C20H35IN4O. The van der Waals surface area contributed by atoms with E-state index in [4.69, 9.17) is 4.99 Å². The molecule has 0 radical (unpaired) electrons. The Morgan fingerprint density at radius 3 is 2.69 bits per heavy atom. The molecule has 3 N–H and O–H groups in total. The minimum Gasteiger partial charge on any atom is -0.396 e. The van der Waals surface area contributed by atoms with Crippen LogP contribution in [-0.4, -0.2) is 42.3 Å². The zero-order valence-electron chi connectivity index (χ0n) is 16.3. The number of hydrogen-bond acceptors (Lipinski definition) is 3. The standard InChI is InChI=1S/C20H34N4O.HI/c1-3-22-19(23-13-8-18-7-12-21-15-17(18)2)24-16-20(11-14-25)9-5-4-6-10-20;/h7,12,15,25H,3-6,8-11,13-14,16H2,1-2H3,(H2,22,23,24);1H. The predicted octanol–water partition coefficient (Wildman–Crippen LogP) is 3.44. The number of nitrogens with one attached hydrogen (secondary N) is 2. The van der Waals surface area contributed by atoms with Crippen molar-refractivity contribution in [2.24, 2.45) is 10.4 Å². The third-order valence-corrected chi connectivity index (χ3v) is 5.30. The Morgan fingerprint density at radius 2 is 2.04 bits per heavy atom. The summed E-state index contributed by atoms with van der Waals surface area (Å²) in [6.07, 6.45) is 11.8. The van der Waals surface area contributed by atoms with Crippen LogP contribution in [0, 0.1) is 12.3 Å². The number of aliphatic hydroxyl groups excluding tert-OH is 1. The summed E-state index contributed by atoms with van der Waals surface area (Å²) in [6.45, 7) is 6.96. The molecule has 0 aromatic carbocycles. The Morgan fingerprint density at radius 1 is 1.27 bits per heavy atom. The largest absolute Gasteiger partial charge is 0.396 e. The number of aliphatic imine (C=N–C) groups is 1. The molecule has 0 aliphatic heterocycles. The van der Waals surface area contributed by atoms with E-state index in [9.17, 15) is 5.11 Å². The van der Waals surface area contributed by atoms with Crippen LogP contribution in [-0.2, 0) is 6.42 Å². The molecule has 6 heteroatoms. The van der Waals surface area contributed by atoms with Crippen molar-refractivity contribution in [2.45, 2.75) is 58.8 Å². The minimum atomic E-state index is 0. The zero-order chi connectivity index (χ0) is 18.0.